The molecule has 1 aliphatic carbocycles. The minimum Gasteiger partial charge on any atom is -0.493 e. The van der Waals surface area contributed by atoms with E-state index in [-0.39, 0.29) is 23.5 Å². The summed E-state index contributed by atoms with van der Waals surface area (Å²) in [5.41, 5.74) is 3.82. The number of carbonyl (C=O) groups is 1. The lowest BCUT2D eigenvalue weighted by atomic mass is 9.54. The fraction of sp³-hybridized carbons (Fsp3) is 0.609. The van der Waals surface area contributed by atoms with Crippen LogP contribution in [0.15, 0.2) is 23.9 Å². The lowest BCUT2D eigenvalue weighted by Gasteiger charge is -2.57. The Bertz CT molecular complexity index is 974. The van der Waals surface area contributed by atoms with Crippen molar-refractivity contribution in [1.82, 2.24) is 4.90 Å². The molecule has 1 aromatic rings. The molecule has 6 atom stereocenters. The number of hydrogen-bond donors (Lipinski definition) is 0. The maximum Gasteiger partial charge on any atom is 0.229 e. The minimum absolute atomic E-state index is 0.0416. The quantitative estimate of drug-likeness (QED) is 0.771. The maximum absolute atomic E-state index is 13.5. The number of amides is 1. The van der Waals surface area contributed by atoms with E-state index in [0.717, 1.165) is 37.4 Å². The van der Waals surface area contributed by atoms with Gasteiger partial charge in [-0.15, -0.1) is 0 Å². The van der Waals surface area contributed by atoms with Crippen molar-refractivity contribution in [3.05, 3.63) is 29.5 Å². The van der Waals surface area contributed by atoms with Crippen LogP contribution >= 0.6 is 0 Å². The number of ether oxygens (including phenoxy) is 3. The van der Waals surface area contributed by atoms with Crippen molar-refractivity contribution in [2.45, 2.75) is 49.3 Å². The van der Waals surface area contributed by atoms with Gasteiger partial charge >= 0.3 is 0 Å². The Morgan fingerprint density at radius 2 is 2.03 bits per heavy atom. The highest BCUT2D eigenvalue weighted by molar-refractivity contribution is 5.99. The fourth-order valence-electron chi connectivity index (χ4n) is 7.82. The summed E-state index contributed by atoms with van der Waals surface area (Å²) in [6, 6.07) is 4.83. The number of methoxy groups -OCH3 is 2. The van der Waals surface area contributed by atoms with Crippen molar-refractivity contribution in [2.24, 2.45) is 11.8 Å². The van der Waals surface area contributed by atoms with E-state index in [4.69, 9.17) is 14.2 Å². The van der Waals surface area contributed by atoms with Gasteiger partial charge in [0.05, 0.1) is 45.1 Å². The van der Waals surface area contributed by atoms with Crippen LogP contribution in [0.3, 0.4) is 0 Å². The molecule has 5 heterocycles. The van der Waals surface area contributed by atoms with Crippen molar-refractivity contribution < 1.29 is 19.0 Å². The van der Waals surface area contributed by atoms with Gasteiger partial charge in [-0.05, 0) is 48.6 Å². The second kappa shape index (κ2) is 5.28. The zero-order chi connectivity index (χ0) is 19.5. The van der Waals surface area contributed by atoms with Crippen LogP contribution in [0.2, 0.25) is 0 Å². The summed E-state index contributed by atoms with van der Waals surface area (Å²) in [5, 5.41) is 0. The van der Waals surface area contributed by atoms with Gasteiger partial charge < -0.3 is 24.0 Å². The third kappa shape index (κ3) is 1.73. The van der Waals surface area contributed by atoms with Gasteiger partial charge in [0, 0.05) is 30.0 Å². The highest BCUT2D eigenvalue weighted by Crippen LogP contribution is 2.66. The summed E-state index contributed by atoms with van der Waals surface area (Å²) in [6.45, 7) is 1.80. The molecule has 6 aliphatic rings. The molecule has 0 N–H and O–H groups in total. The monoisotopic (exact) mass is 394 g/mol. The fourth-order valence-corrected chi connectivity index (χ4v) is 7.82. The van der Waals surface area contributed by atoms with Gasteiger partial charge in [0.1, 0.15) is 0 Å². The summed E-state index contributed by atoms with van der Waals surface area (Å²) in [7, 11) is 3.36. The summed E-state index contributed by atoms with van der Waals surface area (Å²) in [4.78, 5) is 18.2. The number of hydrogen-bond acceptors (Lipinski definition) is 5. The Hall–Kier alpha value is -2.21. The van der Waals surface area contributed by atoms with E-state index in [0.29, 0.717) is 30.0 Å². The molecular weight excluding hydrogens is 368 g/mol. The molecule has 1 amide bonds. The number of anilines is 1. The predicted octanol–water partition coefficient (Wildman–Crippen LogP) is 2.46. The number of carbonyl (C=O) groups excluding carboxylic acids is 1. The second-order valence-corrected chi connectivity index (χ2v) is 9.46. The largest absolute Gasteiger partial charge is 0.493 e. The maximum atomic E-state index is 13.5. The third-order valence-electron chi connectivity index (χ3n) is 8.76. The molecule has 1 saturated carbocycles. The molecule has 1 aromatic carbocycles. The molecule has 0 radical (unpaired) electrons. The molecule has 1 spiro atoms. The van der Waals surface area contributed by atoms with Crippen molar-refractivity contribution in [1.29, 1.82) is 0 Å². The van der Waals surface area contributed by atoms with E-state index in [2.05, 4.69) is 22.1 Å². The zero-order valence-electron chi connectivity index (χ0n) is 16.9. The second-order valence-electron chi connectivity index (χ2n) is 9.46. The van der Waals surface area contributed by atoms with Crippen molar-refractivity contribution in [3.8, 4) is 11.5 Å². The molecule has 0 unspecified atom stereocenters. The first-order chi connectivity index (χ1) is 14.2. The first-order valence-corrected chi connectivity index (χ1v) is 10.8. The van der Waals surface area contributed by atoms with Gasteiger partial charge in [0.2, 0.25) is 5.91 Å². The van der Waals surface area contributed by atoms with Crippen molar-refractivity contribution in [2.75, 3.05) is 32.3 Å². The third-order valence-corrected chi connectivity index (χ3v) is 8.76. The highest BCUT2D eigenvalue weighted by atomic mass is 16.5. The van der Waals surface area contributed by atoms with E-state index < -0.39 is 0 Å². The smallest absolute Gasteiger partial charge is 0.229 e. The molecule has 4 fully saturated rings. The topological polar surface area (TPSA) is 51.2 Å². The number of rotatable bonds is 2. The Balaban J connectivity index is 1.53. The molecule has 3 saturated heterocycles. The van der Waals surface area contributed by atoms with E-state index in [9.17, 15) is 4.79 Å². The molecular formula is C23H26N2O4. The first-order valence-electron chi connectivity index (χ1n) is 10.8. The predicted molar refractivity (Wildman–Crippen MR) is 106 cm³/mol. The SMILES string of the molecule is COc1cc2c(cc1OC)[C@@]13CCN4C=C5CCO[C@H]6CC(=O)N2[C@H]1[C@H]6[C@H]5C[C@H]43. The molecule has 152 valence electrons. The Kier molecular flexibility index (Phi) is 3.02. The molecule has 2 bridgehead atoms. The van der Waals surface area contributed by atoms with Crippen LogP contribution in [0.1, 0.15) is 31.2 Å². The molecule has 0 aromatic heterocycles. The van der Waals surface area contributed by atoms with E-state index in [1.54, 1.807) is 19.8 Å². The average Bonchev–Trinajstić information content (AvgIpc) is 3.20. The number of nitrogens with zero attached hydrogens (tertiary/aromatic N) is 2. The van der Waals surface area contributed by atoms with Crippen LogP contribution < -0.4 is 14.4 Å². The summed E-state index contributed by atoms with van der Waals surface area (Å²) in [6.07, 6.45) is 6.25. The van der Waals surface area contributed by atoms with Crippen LogP contribution in [0.25, 0.3) is 0 Å². The van der Waals surface area contributed by atoms with E-state index >= 15 is 0 Å². The lowest BCUT2D eigenvalue weighted by molar-refractivity contribution is -0.131. The van der Waals surface area contributed by atoms with Gasteiger partial charge in [-0.1, -0.05) is 0 Å². The standard InChI is InChI=1S/C23H26N2O4/c1-27-16-8-14-15(9-17(16)28-2)25-20(26)10-18-21-13-7-19-23(14,22(21)25)4-5-24(19)11-12(13)3-6-29-18/h8-9,11,13,18-19,21-22H,3-7,10H2,1-2H3/t13-,18-,19-,21-,22-,23+/m0/s1. The average molecular weight is 394 g/mol. The zero-order valence-corrected chi connectivity index (χ0v) is 16.9. The molecule has 5 aliphatic heterocycles. The van der Waals surface area contributed by atoms with Crippen LogP contribution in [-0.2, 0) is 14.9 Å². The number of piperidine rings is 1. The van der Waals surface area contributed by atoms with Crippen LogP contribution in [0, 0.1) is 11.8 Å². The molecule has 6 heteroatoms. The van der Waals surface area contributed by atoms with Crippen molar-refractivity contribution in [3.63, 3.8) is 0 Å². The summed E-state index contributed by atoms with van der Waals surface area (Å²) >= 11 is 0. The Morgan fingerprint density at radius 3 is 2.86 bits per heavy atom. The number of benzene rings is 1. The van der Waals surface area contributed by atoms with E-state index in [1.807, 2.05) is 6.07 Å². The minimum atomic E-state index is -0.0416. The molecule has 7 rings (SSSR count). The van der Waals surface area contributed by atoms with Gasteiger partial charge in [-0.25, -0.2) is 0 Å². The lowest BCUT2D eigenvalue weighted by Crippen LogP contribution is -2.68. The van der Waals surface area contributed by atoms with E-state index in [1.165, 1.54) is 12.0 Å². The summed E-state index contributed by atoms with van der Waals surface area (Å²) < 4.78 is 17.6. The van der Waals surface area contributed by atoms with Crippen LogP contribution in [-0.4, -0.2) is 56.4 Å². The Labute approximate surface area is 170 Å². The summed E-state index contributed by atoms with van der Waals surface area (Å²) in [5.74, 6) is 2.57. The highest BCUT2D eigenvalue weighted by Gasteiger charge is 2.70. The Morgan fingerprint density at radius 1 is 1.21 bits per heavy atom. The van der Waals surface area contributed by atoms with Crippen LogP contribution in [0.4, 0.5) is 5.69 Å². The van der Waals surface area contributed by atoms with Gasteiger partial charge in [0.15, 0.2) is 11.5 Å². The normalized spacial score (nSPS) is 40.4. The molecule has 29 heavy (non-hydrogen) atoms. The van der Waals surface area contributed by atoms with Gasteiger partial charge in [-0.2, -0.15) is 0 Å². The number of fused-ring (bicyclic) bond motifs is 2. The van der Waals surface area contributed by atoms with Gasteiger partial charge in [-0.3, -0.25) is 4.79 Å². The first kappa shape index (κ1) is 16.6. The van der Waals surface area contributed by atoms with Crippen LogP contribution in [0.5, 0.6) is 11.5 Å². The van der Waals surface area contributed by atoms with Gasteiger partial charge in [0.25, 0.3) is 0 Å². The molecule has 6 nitrogen and oxygen atoms in total. The van der Waals surface area contributed by atoms with Crippen molar-refractivity contribution >= 4 is 11.6 Å².